The van der Waals surface area contributed by atoms with Crippen LogP contribution in [0.4, 0.5) is 0 Å². The Kier molecular flexibility index (Phi) is 4.00. The van der Waals surface area contributed by atoms with Crippen LogP contribution >= 0.6 is 0 Å². The molecular formula is C17H25N3O. The van der Waals surface area contributed by atoms with Gasteiger partial charge in [-0.2, -0.15) is 0 Å². The van der Waals surface area contributed by atoms with Crippen LogP contribution in [0.15, 0.2) is 30.3 Å². The number of amides is 1. The maximum atomic E-state index is 12.2. The number of fused-ring (bicyclic) bond motifs is 1. The molecule has 1 saturated carbocycles. The van der Waals surface area contributed by atoms with E-state index in [9.17, 15) is 4.79 Å². The number of hydrogen-bond acceptors (Lipinski definition) is 3. The summed E-state index contributed by atoms with van der Waals surface area (Å²) in [7, 11) is 1.83. The fourth-order valence-corrected chi connectivity index (χ4v) is 4.18. The first-order valence-corrected chi connectivity index (χ1v) is 7.92. The van der Waals surface area contributed by atoms with Gasteiger partial charge in [0.15, 0.2) is 0 Å². The van der Waals surface area contributed by atoms with Crippen molar-refractivity contribution in [2.75, 3.05) is 26.7 Å². The number of carbonyl (C=O) groups excluding carboxylic acids is 1. The van der Waals surface area contributed by atoms with Gasteiger partial charge < -0.3 is 16.0 Å². The lowest BCUT2D eigenvalue weighted by molar-refractivity contribution is -0.125. The van der Waals surface area contributed by atoms with Crippen LogP contribution < -0.4 is 11.1 Å². The molecule has 0 radical (unpaired) electrons. The number of primary amides is 1. The third-order valence-corrected chi connectivity index (χ3v) is 5.38. The second kappa shape index (κ2) is 5.78. The van der Waals surface area contributed by atoms with E-state index in [2.05, 4.69) is 10.2 Å². The van der Waals surface area contributed by atoms with E-state index >= 15 is 0 Å². The Hall–Kier alpha value is -1.39. The molecule has 1 aromatic rings. The Bertz CT molecular complexity index is 492. The lowest BCUT2D eigenvalue weighted by atomic mass is 9.88. The highest BCUT2D eigenvalue weighted by atomic mass is 16.1. The Morgan fingerprint density at radius 1 is 1.29 bits per heavy atom. The van der Waals surface area contributed by atoms with Crippen molar-refractivity contribution in [3.63, 3.8) is 0 Å². The highest BCUT2D eigenvalue weighted by Gasteiger charge is 2.43. The average Bonchev–Trinajstić information content (AvgIpc) is 3.06. The molecule has 0 spiro atoms. The van der Waals surface area contributed by atoms with Crippen molar-refractivity contribution in [3.8, 4) is 0 Å². The average molecular weight is 287 g/mol. The topological polar surface area (TPSA) is 58.4 Å². The minimum absolute atomic E-state index is 0.298. The van der Waals surface area contributed by atoms with E-state index in [0.717, 1.165) is 30.5 Å². The first-order valence-electron chi connectivity index (χ1n) is 7.92. The van der Waals surface area contributed by atoms with Gasteiger partial charge >= 0.3 is 0 Å². The molecule has 3 unspecified atom stereocenters. The van der Waals surface area contributed by atoms with Gasteiger partial charge in [0.2, 0.25) is 5.91 Å². The van der Waals surface area contributed by atoms with Crippen molar-refractivity contribution in [2.24, 2.45) is 17.6 Å². The van der Waals surface area contributed by atoms with Crippen LogP contribution in [0, 0.1) is 11.8 Å². The van der Waals surface area contributed by atoms with Crippen molar-refractivity contribution >= 4 is 5.91 Å². The van der Waals surface area contributed by atoms with Crippen LogP contribution in [0.3, 0.4) is 0 Å². The predicted molar refractivity (Wildman–Crippen MR) is 83.6 cm³/mol. The third-order valence-electron chi connectivity index (χ3n) is 5.38. The van der Waals surface area contributed by atoms with Crippen LogP contribution in [-0.4, -0.2) is 37.5 Å². The first-order chi connectivity index (χ1) is 10.2. The predicted octanol–water partition coefficient (Wildman–Crippen LogP) is 1.32. The monoisotopic (exact) mass is 287 g/mol. The van der Waals surface area contributed by atoms with Crippen LogP contribution in [0.25, 0.3) is 0 Å². The molecule has 21 heavy (non-hydrogen) atoms. The molecule has 1 amide bonds. The van der Waals surface area contributed by atoms with E-state index in [0.29, 0.717) is 6.54 Å². The number of likely N-dealkylation sites (tertiary alicyclic amines) is 1. The quantitative estimate of drug-likeness (QED) is 0.858. The summed E-state index contributed by atoms with van der Waals surface area (Å²) in [5, 5.41) is 3.21. The van der Waals surface area contributed by atoms with E-state index in [1.807, 2.05) is 37.4 Å². The van der Waals surface area contributed by atoms with Gasteiger partial charge in [0, 0.05) is 19.6 Å². The number of nitrogens with one attached hydrogen (secondary N) is 1. The SMILES string of the molecule is CNC(CN1CC2CCCC2C1)(C(N)=O)c1ccccc1. The highest BCUT2D eigenvalue weighted by molar-refractivity contribution is 5.86. The standard InChI is InChI=1S/C17H25N3O/c1-19-17(16(18)21,15-8-3-2-4-9-15)12-20-10-13-6-5-7-14(13)11-20/h2-4,8-9,13-14,19H,5-7,10-12H2,1H3,(H2,18,21). The van der Waals surface area contributed by atoms with Gasteiger partial charge in [-0.15, -0.1) is 0 Å². The molecule has 3 N–H and O–H groups in total. The Balaban J connectivity index is 1.82. The van der Waals surface area contributed by atoms with Gasteiger partial charge in [0.25, 0.3) is 0 Å². The summed E-state index contributed by atoms with van der Waals surface area (Å²) in [5.74, 6) is 1.35. The number of rotatable bonds is 5. The van der Waals surface area contributed by atoms with Crippen molar-refractivity contribution < 1.29 is 4.79 Å². The molecule has 0 aromatic heterocycles. The number of hydrogen-bond donors (Lipinski definition) is 2. The van der Waals surface area contributed by atoms with Gasteiger partial charge in [-0.1, -0.05) is 36.8 Å². The zero-order valence-electron chi connectivity index (χ0n) is 12.7. The normalized spacial score (nSPS) is 28.2. The van der Waals surface area contributed by atoms with Crippen molar-refractivity contribution in [3.05, 3.63) is 35.9 Å². The number of nitrogens with two attached hydrogens (primary N) is 1. The van der Waals surface area contributed by atoms with Gasteiger partial charge in [-0.3, -0.25) is 4.79 Å². The fraction of sp³-hybridized carbons (Fsp3) is 0.588. The highest BCUT2D eigenvalue weighted by Crippen LogP contribution is 2.38. The Morgan fingerprint density at radius 2 is 1.90 bits per heavy atom. The Labute approximate surface area is 126 Å². The molecule has 4 nitrogen and oxygen atoms in total. The molecule has 2 aliphatic rings. The summed E-state index contributed by atoms with van der Waals surface area (Å²) in [6.45, 7) is 2.87. The van der Waals surface area contributed by atoms with Crippen molar-refractivity contribution in [2.45, 2.75) is 24.8 Å². The Morgan fingerprint density at radius 3 is 2.43 bits per heavy atom. The van der Waals surface area contributed by atoms with Crippen LogP contribution in [-0.2, 0) is 10.3 Å². The summed E-state index contributed by atoms with van der Waals surface area (Å²) in [5.41, 5.74) is 5.94. The number of benzene rings is 1. The molecule has 1 heterocycles. The summed E-state index contributed by atoms with van der Waals surface area (Å²) in [4.78, 5) is 14.6. The summed E-state index contributed by atoms with van der Waals surface area (Å²) >= 11 is 0. The largest absolute Gasteiger partial charge is 0.368 e. The summed E-state index contributed by atoms with van der Waals surface area (Å²) in [6, 6.07) is 9.85. The molecule has 2 fully saturated rings. The second-order valence-electron chi connectivity index (χ2n) is 6.53. The van der Waals surface area contributed by atoms with Gasteiger partial charge in [0.1, 0.15) is 5.54 Å². The third kappa shape index (κ3) is 2.58. The molecule has 3 rings (SSSR count). The van der Waals surface area contributed by atoms with E-state index in [1.54, 1.807) is 0 Å². The first kappa shape index (κ1) is 14.5. The van der Waals surface area contributed by atoms with E-state index in [1.165, 1.54) is 19.3 Å². The maximum absolute atomic E-state index is 12.2. The van der Waals surface area contributed by atoms with Gasteiger partial charge in [0.05, 0.1) is 0 Å². The van der Waals surface area contributed by atoms with Gasteiger partial charge in [-0.25, -0.2) is 0 Å². The maximum Gasteiger partial charge on any atom is 0.243 e. The number of carbonyl (C=O) groups is 1. The van der Waals surface area contributed by atoms with Crippen LogP contribution in [0.1, 0.15) is 24.8 Å². The zero-order chi connectivity index (χ0) is 14.9. The summed E-state index contributed by atoms with van der Waals surface area (Å²) < 4.78 is 0. The number of nitrogens with zero attached hydrogens (tertiary/aromatic N) is 1. The molecule has 1 aromatic carbocycles. The zero-order valence-corrected chi connectivity index (χ0v) is 12.7. The molecule has 4 heteroatoms. The lowest BCUT2D eigenvalue weighted by Crippen LogP contribution is -2.57. The lowest BCUT2D eigenvalue weighted by Gasteiger charge is -2.35. The minimum Gasteiger partial charge on any atom is -0.368 e. The molecule has 1 saturated heterocycles. The molecule has 3 atom stereocenters. The molecule has 1 aliphatic heterocycles. The molecule has 0 bridgehead atoms. The van der Waals surface area contributed by atoms with E-state index in [-0.39, 0.29) is 5.91 Å². The minimum atomic E-state index is -0.792. The van der Waals surface area contributed by atoms with Crippen molar-refractivity contribution in [1.29, 1.82) is 0 Å². The summed E-state index contributed by atoms with van der Waals surface area (Å²) in [6.07, 6.45) is 4.06. The molecule has 114 valence electrons. The smallest absolute Gasteiger partial charge is 0.243 e. The molecule has 1 aliphatic carbocycles. The van der Waals surface area contributed by atoms with Crippen LogP contribution in [0.2, 0.25) is 0 Å². The van der Waals surface area contributed by atoms with Crippen molar-refractivity contribution in [1.82, 2.24) is 10.2 Å². The van der Waals surface area contributed by atoms with E-state index in [4.69, 9.17) is 5.73 Å². The fourth-order valence-electron chi connectivity index (χ4n) is 4.18. The second-order valence-corrected chi connectivity index (χ2v) is 6.53. The van der Waals surface area contributed by atoms with Gasteiger partial charge in [-0.05, 0) is 37.3 Å². The van der Waals surface area contributed by atoms with Crippen LogP contribution in [0.5, 0.6) is 0 Å². The van der Waals surface area contributed by atoms with E-state index < -0.39 is 5.54 Å². The molecular weight excluding hydrogens is 262 g/mol. The number of likely N-dealkylation sites (N-methyl/N-ethyl adjacent to an activating group) is 1.